The number of para-hydroxylation sites is 1. The second kappa shape index (κ2) is 8.67. The van der Waals surface area contributed by atoms with Crippen LogP contribution in [0.3, 0.4) is 0 Å². The van der Waals surface area contributed by atoms with Gasteiger partial charge in [0.15, 0.2) is 0 Å². The van der Waals surface area contributed by atoms with Crippen LogP contribution in [0.2, 0.25) is 0 Å². The fourth-order valence-corrected chi connectivity index (χ4v) is 3.21. The summed E-state index contributed by atoms with van der Waals surface area (Å²) in [7, 11) is 0. The molecule has 1 aromatic carbocycles. The molecule has 130 valence electrons. The van der Waals surface area contributed by atoms with Gasteiger partial charge < -0.3 is 14.6 Å². The summed E-state index contributed by atoms with van der Waals surface area (Å²) in [6.45, 7) is 11.2. The maximum atomic E-state index is 10.3. The summed E-state index contributed by atoms with van der Waals surface area (Å²) in [5.74, 6) is 1.36. The van der Waals surface area contributed by atoms with E-state index in [-0.39, 0.29) is 12.2 Å². The number of benzene rings is 1. The molecule has 0 saturated carbocycles. The van der Waals surface area contributed by atoms with E-state index >= 15 is 0 Å². The van der Waals surface area contributed by atoms with Crippen molar-refractivity contribution in [2.24, 2.45) is 0 Å². The number of ether oxygens (including phenoxy) is 2. The molecule has 1 N–H and O–H groups in total. The Morgan fingerprint density at radius 2 is 1.91 bits per heavy atom. The molecule has 0 bridgehead atoms. The lowest BCUT2D eigenvalue weighted by Gasteiger charge is -2.36. The first kappa shape index (κ1) is 18.2. The van der Waals surface area contributed by atoms with Gasteiger partial charge in [0, 0.05) is 19.6 Å². The van der Waals surface area contributed by atoms with Gasteiger partial charge in [0.05, 0.1) is 12.2 Å². The fraction of sp³-hybridized carbons (Fsp3) is 0.684. The molecule has 1 aliphatic heterocycles. The van der Waals surface area contributed by atoms with Crippen LogP contribution in [0, 0.1) is 0 Å². The van der Waals surface area contributed by atoms with E-state index in [4.69, 9.17) is 9.47 Å². The van der Waals surface area contributed by atoms with Crippen molar-refractivity contribution < 1.29 is 14.6 Å². The van der Waals surface area contributed by atoms with E-state index in [1.54, 1.807) is 0 Å². The molecule has 4 nitrogen and oxygen atoms in total. The summed E-state index contributed by atoms with van der Waals surface area (Å²) >= 11 is 0. The Bertz CT molecular complexity index is 469. The molecule has 1 fully saturated rings. The summed E-state index contributed by atoms with van der Waals surface area (Å²) < 4.78 is 11.6. The third-order valence-corrected chi connectivity index (χ3v) is 4.46. The molecule has 23 heavy (non-hydrogen) atoms. The smallest absolute Gasteiger partial charge is 0.122 e. The highest BCUT2D eigenvalue weighted by atomic mass is 16.5. The molecule has 0 amide bonds. The molecular formula is C19H31NO3. The average Bonchev–Trinajstić information content (AvgIpc) is 2.51. The lowest BCUT2D eigenvalue weighted by Crippen LogP contribution is -2.48. The highest BCUT2D eigenvalue weighted by Gasteiger charge is 2.24. The monoisotopic (exact) mass is 321 g/mol. The summed E-state index contributed by atoms with van der Waals surface area (Å²) in [5, 5.41) is 10.3. The molecule has 4 heteroatoms. The molecule has 0 aromatic heterocycles. The zero-order valence-corrected chi connectivity index (χ0v) is 14.9. The van der Waals surface area contributed by atoms with E-state index in [2.05, 4.69) is 38.7 Å². The van der Waals surface area contributed by atoms with Crippen molar-refractivity contribution in [2.45, 2.75) is 58.3 Å². The van der Waals surface area contributed by atoms with Crippen LogP contribution < -0.4 is 4.74 Å². The quantitative estimate of drug-likeness (QED) is 0.838. The van der Waals surface area contributed by atoms with Crippen molar-refractivity contribution >= 4 is 0 Å². The number of nitrogens with zero attached hydrogens (tertiary/aromatic N) is 1. The molecule has 0 unspecified atom stereocenters. The Morgan fingerprint density at radius 3 is 2.57 bits per heavy atom. The third-order valence-electron chi connectivity index (χ3n) is 4.46. The number of hydrogen-bond acceptors (Lipinski definition) is 4. The summed E-state index contributed by atoms with van der Waals surface area (Å²) in [5.41, 5.74) is 1.22. The topological polar surface area (TPSA) is 41.9 Å². The minimum absolute atomic E-state index is 0.220. The van der Waals surface area contributed by atoms with Crippen LogP contribution >= 0.6 is 0 Å². The van der Waals surface area contributed by atoms with Gasteiger partial charge in [-0.2, -0.15) is 0 Å². The van der Waals surface area contributed by atoms with Gasteiger partial charge >= 0.3 is 0 Å². The Labute approximate surface area is 140 Å². The van der Waals surface area contributed by atoms with Crippen molar-refractivity contribution in [3.8, 4) is 5.75 Å². The van der Waals surface area contributed by atoms with Gasteiger partial charge in [-0.15, -0.1) is 0 Å². The van der Waals surface area contributed by atoms with Gasteiger partial charge in [0.25, 0.3) is 0 Å². The largest absolute Gasteiger partial charge is 0.491 e. The predicted octanol–water partition coefficient (Wildman–Crippen LogP) is 3.05. The van der Waals surface area contributed by atoms with Crippen LogP contribution in [0.1, 0.15) is 45.6 Å². The minimum atomic E-state index is -0.488. The highest BCUT2D eigenvalue weighted by Crippen LogP contribution is 2.28. The Hall–Kier alpha value is -1.10. The van der Waals surface area contributed by atoms with Crippen LogP contribution in [0.15, 0.2) is 24.3 Å². The fourth-order valence-electron chi connectivity index (χ4n) is 3.21. The first-order valence-electron chi connectivity index (χ1n) is 8.77. The van der Waals surface area contributed by atoms with E-state index in [1.165, 1.54) is 5.56 Å². The Balaban J connectivity index is 1.86. The van der Waals surface area contributed by atoms with Gasteiger partial charge in [-0.25, -0.2) is 0 Å². The number of β-amino-alcohol motifs (C(OH)–C–C–N with tert-alkyl or cyclic N) is 1. The molecule has 0 radical (unpaired) electrons. The predicted molar refractivity (Wildman–Crippen MR) is 93.1 cm³/mol. The van der Waals surface area contributed by atoms with Crippen LogP contribution in [0.5, 0.6) is 5.75 Å². The first-order valence-corrected chi connectivity index (χ1v) is 8.77. The van der Waals surface area contributed by atoms with Crippen molar-refractivity contribution in [2.75, 3.05) is 26.2 Å². The lowest BCUT2D eigenvalue weighted by atomic mass is 9.98. The van der Waals surface area contributed by atoms with Crippen molar-refractivity contribution in [3.05, 3.63) is 29.8 Å². The average molecular weight is 321 g/mol. The van der Waals surface area contributed by atoms with E-state index in [1.807, 2.05) is 18.2 Å². The summed E-state index contributed by atoms with van der Waals surface area (Å²) in [4.78, 5) is 2.26. The molecule has 1 aromatic rings. The number of aliphatic hydroxyl groups is 1. The molecule has 2 rings (SSSR count). The van der Waals surface area contributed by atoms with Crippen molar-refractivity contribution in [1.82, 2.24) is 4.90 Å². The minimum Gasteiger partial charge on any atom is -0.491 e. The molecule has 4 atom stereocenters. The van der Waals surface area contributed by atoms with Gasteiger partial charge in [-0.3, -0.25) is 4.90 Å². The van der Waals surface area contributed by atoms with E-state index in [9.17, 15) is 5.11 Å². The molecule has 0 spiro atoms. The molecular weight excluding hydrogens is 290 g/mol. The van der Waals surface area contributed by atoms with Gasteiger partial charge in [0.2, 0.25) is 0 Å². The van der Waals surface area contributed by atoms with Gasteiger partial charge in [0.1, 0.15) is 18.5 Å². The molecule has 1 saturated heterocycles. The van der Waals surface area contributed by atoms with Crippen LogP contribution in [-0.4, -0.2) is 54.6 Å². The number of morpholine rings is 1. The van der Waals surface area contributed by atoms with E-state index < -0.39 is 6.10 Å². The highest BCUT2D eigenvalue weighted by molar-refractivity contribution is 5.35. The Morgan fingerprint density at radius 1 is 1.26 bits per heavy atom. The summed E-state index contributed by atoms with van der Waals surface area (Å²) in [6.07, 6.45) is 1.03. The van der Waals surface area contributed by atoms with E-state index in [0.717, 1.165) is 25.3 Å². The molecule has 1 heterocycles. The lowest BCUT2D eigenvalue weighted by molar-refractivity contribution is -0.0787. The second-order valence-corrected chi connectivity index (χ2v) is 6.79. The molecule has 1 aliphatic rings. The van der Waals surface area contributed by atoms with Crippen molar-refractivity contribution in [1.29, 1.82) is 0 Å². The summed E-state index contributed by atoms with van der Waals surface area (Å²) in [6, 6.07) is 8.13. The van der Waals surface area contributed by atoms with Crippen LogP contribution in [-0.2, 0) is 4.74 Å². The zero-order chi connectivity index (χ0) is 16.8. The second-order valence-electron chi connectivity index (χ2n) is 6.79. The maximum absolute atomic E-state index is 10.3. The number of rotatable bonds is 7. The standard InChI is InChI=1S/C19H31NO3/c1-5-14(2)18-8-6-7-9-19(18)22-13-17(21)12-20-10-15(3)23-16(4)11-20/h6-9,14-17,21H,5,10-13H2,1-4H3/t14-,15-,16+,17+/m0/s1. The first-order chi connectivity index (χ1) is 11.0. The normalized spacial score (nSPS) is 25.1. The third kappa shape index (κ3) is 5.48. The number of aliphatic hydroxyl groups excluding tert-OH is 1. The Kier molecular flexibility index (Phi) is 6.88. The van der Waals surface area contributed by atoms with Gasteiger partial charge in [-0.1, -0.05) is 32.0 Å². The molecule has 0 aliphatic carbocycles. The van der Waals surface area contributed by atoms with Gasteiger partial charge in [-0.05, 0) is 37.8 Å². The van der Waals surface area contributed by atoms with Crippen LogP contribution in [0.25, 0.3) is 0 Å². The van der Waals surface area contributed by atoms with E-state index in [0.29, 0.717) is 19.1 Å². The van der Waals surface area contributed by atoms with Crippen molar-refractivity contribution in [3.63, 3.8) is 0 Å². The SMILES string of the molecule is CC[C@H](C)c1ccccc1OC[C@H](O)CN1C[C@@H](C)O[C@@H](C)C1. The maximum Gasteiger partial charge on any atom is 0.122 e. The zero-order valence-electron chi connectivity index (χ0n) is 14.9. The number of hydrogen-bond donors (Lipinski definition) is 1. The van der Waals surface area contributed by atoms with Crippen LogP contribution in [0.4, 0.5) is 0 Å².